The lowest BCUT2D eigenvalue weighted by molar-refractivity contribution is -0.143. The number of hydrogen-bond donors (Lipinski definition) is 1. The van der Waals surface area contributed by atoms with Crippen LogP contribution in [0, 0.1) is 5.92 Å². The van der Waals surface area contributed by atoms with Gasteiger partial charge in [-0.1, -0.05) is 38.5 Å². The quantitative estimate of drug-likeness (QED) is 0.772. The molecule has 106 valence electrons. The molecule has 0 aromatic heterocycles. The van der Waals surface area contributed by atoms with Gasteiger partial charge in [-0.05, 0) is 18.1 Å². The minimum absolute atomic E-state index is 0.129. The molecule has 0 amide bonds. The van der Waals surface area contributed by atoms with Crippen LogP contribution < -0.4 is 4.72 Å². The summed E-state index contributed by atoms with van der Waals surface area (Å²) >= 11 is 0. The highest BCUT2D eigenvalue weighted by Crippen LogP contribution is 2.06. The number of esters is 1. The molecule has 0 spiro atoms. The van der Waals surface area contributed by atoms with Gasteiger partial charge in [0.1, 0.15) is 6.54 Å². The Hall–Kier alpha value is -1.40. The van der Waals surface area contributed by atoms with Gasteiger partial charge in [0.15, 0.2) is 0 Å². The second-order valence-electron chi connectivity index (χ2n) is 4.33. The fourth-order valence-electron chi connectivity index (χ4n) is 1.24. The second-order valence-corrected chi connectivity index (χ2v) is 6.10. The van der Waals surface area contributed by atoms with Crippen molar-refractivity contribution in [3.63, 3.8) is 0 Å². The Balaban J connectivity index is 2.46. The largest absolute Gasteiger partial charge is 0.464 e. The van der Waals surface area contributed by atoms with Crippen LogP contribution in [-0.2, 0) is 19.6 Å². The van der Waals surface area contributed by atoms with Gasteiger partial charge in [-0.25, -0.2) is 8.42 Å². The molecule has 1 aromatic rings. The predicted molar refractivity (Wildman–Crippen MR) is 72.0 cm³/mol. The van der Waals surface area contributed by atoms with Crippen LogP contribution in [0.25, 0.3) is 0 Å². The van der Waals surface area contributed by atoms with Gasteiger partial charge >= 0.3 is 5.97 Å². The molecular formula is C13H19NO4S. The third kappa shape index (κ3) is 5.40. The number of hydrogen-bond acceptors (Lipinski definition) is 4. The molecule has 0 saturated carbocycles. The molecule has 0 heterocycles. The monoisotopic (exact) mass is 285 g/mol. The summed E-state index contributed by atoms with van der Waals surface area (Å²) in [5, 5.41) is 0. The summed E-state index contributed by atoms with van der Waals surface area (Å²) < 4.78 is 30.8. The van der Waals surface area contributed by atoms with Crippen LogP contribution in [0.15, 0.2) is 35.2 Å². The van der Waals surface area contributed by atoms with Crippen molar-refractivity contribution in [2.24, 2.45) is 5.92 Å². The summed E-state index contributed by atoms with van der Waals surface area (Å²) in [5.74, 6) is -0.297. The SMILES string of the molecule is CCC(C)COC(=O)CNS(=O)(=O)c1ccccc1. The van der Waals surface area contributed by atoms with Gasteiger partial charge < -0.3 is 4.74 Å². The molecule has 5 nitrogen and oxygen atoms in total. The highest BCUT2D eigenvalue weighted by molar-refractivity contribution is 7.89. The van der Waals surface area contributed by atoms with Crippen molar-refractivity contribution < 1.29 is 17.9 Å². The molecule has 1 atom stereocenters. The second kappa shape index (κ2) is 7.25. The molecule has 0 aliphatic heterocycles. The van der Waals surface area contributed by atoms with Crippen LogP contribution in [0.1, 0.15) is 20.3 Å². The number of carbonyl (C=O) groups is 1. The molecular weight excluding hydrogens is 266 g/mol. The fourth-order valence-corrected chi connectivity index (χ4v) is 2.23. The Kier molecular flexibility index (Phi) is 5.98. The maximum absolute atomic E-state index is 11.8. The van der Waals surface area contributed by atoms with E-state index < -0.39 is 16.0 Å². The molecule has 0 bridgehead atoms. The topological polar surface area (TPSA) is 72.5 Å². The molecule has 0 aliphatic rings. The Morgan fingerprint density at radius 1 is 1.32 bits per heavy atom. The minimum Gasteiger partial charge on any atom is -0.464 e. The van der Waals surface area contributed by atoms with E-state index in [1.807, 2.05) is 13.8 Å². The number of rotatable bonds is 7. The molecule has 6 heteroatoms. The first-order chi connectivity index (χ1) is 8.95. The van der Waals surface area contributed by atoms with Crippen LogP contribution in [-0.4, -0.2) is 27.5 Å². The van der Waals surface area contributed by atoms with Crippen LogP contribution >= 0.6 is 0 Å². The van der Waals surface area contributed by atoms with E-state index in [9.17, 15) is 13.2 Å². The first-order valence-electron chi connectivity index (χ1n) is 6.16. The van der Waals surface area contributed by atoms with E-state index in [1.54, 1.807) is 18.2 Å². The van der Waals surface area contributed by atoms with E-state index >= 15 is 0 Å². The van der Waals surface area contributed by atoms with Gasteiger partial charge in [-0.2, -0.15) is 4.72 Å². The molecule has 1 aromatic carbocycles. The first kappa shape index (κ1) is 15.7. The lowest BCUT2D eigenvalue weighted by Gasteiger charge is -2.10. The fraction of sp³-hybridized carbons (Fsp3) is 0.462. The molecule has 1 rings (SSSR count). The van der Waals surface area contributed by atoms with Crippen LogP contribution in [0.3, 0.4) is 0 Å². The lowest BCUT2D eigenvalue weighted by Crippen LogP contribution is -2.31. The van der Waals surface area contributed by atoms with Crippen molar-refractivity contribution in [1.29, 1.82) is 0 Å². The molecule has 19 heavy (non-hydrogen) atoms. The van der Waals surface area contributed by atoms with E-state index in [4.69, 9.17) is 4.74 Å². The van der Waals surface area contributed by atoms with Crippen molar-refractivity contribution in [3.8, 4) is 0 Å². The van der Waals surface area contributed by atoms with E-state index in [0.717, 1.165) is 6.42 Å². The number of benzene rings is 1. The summed E-state index contributed by atoms with van der Waals surface area (Å²) in [6.45, 7) is 3.91. The number of nitrogens with one attached hydrogen (secondary N) is 1. The summed E-state index contributed by atoms with van der Waals surface area (Å²) in [4.78, 5) is 11.5. The third-order valence-corrected chi connectivity index (χ3v) is 4.10. The van der Waals surface area contributed by atoms with Crippen molar-refractivity contribution in [1.82, 2.24) is 4.72 Å². The maximum atomic E-state index is 11.8. The molecule has 0 aliphatic carbocycles. The minimum atomic E-state index is -3.65. The zero-order valence-electron chi connectivity index (χ0n) is 11.1. The Labute approximate surface area is 114 Å². The van der Waals surface area contributed by atoms with Crippen LogP contribution in [0.5, 0.6) is 0 Å². The Morgan fingerprint density at radius 2 is 1.95 bits per heavy atom. The third-order valence-electron chi connectivity index (χ3n) is 2.69. The number of sulfonamides is 1. The normalized spacial score (nSPS) is 12.9. The molecule has 1 N–H and O–H groups in total. The van der Waals surface area contributed by atoms with E-state index in [2.05, 4.69) is 4.72 Å². The predicted octanol–water partition coefficient (Wildman–Crippen LogP) is 1.55. The van der Waals surface area contributed by atoms with Crippen molar-refractivity contribution in [3.05, 3.63) is 30.3 Å². The van der Waals surface area contributed by atoms with Gasteiger partial charge in [0.25, 0.3) is 0 Å². The highest BCUT2D eigenvalue weighted by atomic mass is 32.2. The number of carbonyl (C=O) groups excluding carboxylic acids is 1. The van der Waals surface area contributed by atoms with E-state index in [0.29, 0.717) is 6.61 Å². The van der Waals surface area contributed by atoms with Crippen molar-refractivity contribution >= 4 is 16.0 Å². The van der Waals surface area contributed by atoms with Crippen LogP contribution in [0.4, 0.5) is 0 Å². The lowest BCUT2D eigenvalue weighted by atomic mass is 10.1. The highest BCUT2D eigenvalue weighted by Gasteiger charge is 2.15. The molecule has 1 unspecified atom stereocenters. The summed E-state index contributed by atoms with van der Waals surface area (Å²) in [6.07, 6.45) is 0.906. The zero-order chi connectivity index (χ0) is 14.3. The van der Waals surface area contributed by atoms with Gasteiger partial charge in [-0.15, -0.1) is 0 Å². The summed E-state index contributed by atoms with van der Waals surface area (Å²) in [5.41, 5.74) is 0. The summed E-state index contributed by atoms with van der Waals surface area (Å²) in [7, 11) is -3.65. The van der Waals surface area contributed by atoms with Gasteiger partial charge in [-0.3, -0.25) is 4.79 Å². The van der Waals surface area contributed by atoms with Gasteiger partial charge in [0.2, 0.25) is 10.0 Å². The standard InChI is InChI=1S/C13H19NO4S/c1-3-11(2)10-18-13(15)9-14-19(16,17)12-7-5-4-6-8-12/h4-8,11,14H,3,9-10H2,1-2H3. The average Bonchev–Trinajstić information content (AvgIpc) is 2.43. The van der Waals surface area contributed by atoms with Gasteiger partial charge in [0.05, 0.1) is 11.5 Å². The first-order valence-corrected chi connectivity index (χ1v) is 7.64. The van der Waals surface area contributed by atoms with E-state index in [-0.39, 0.29) is 17.4 Å². The smallest absolute Gasteiger partial charge is 0.321 e. The average molecular weight is 285 g/mol. The Bertz CT molecular complexity index is 499. The van der Waals surface area contributed by atoms with E-state index in [1.165, 1.54) is 12.1 Å². The van der Waals surface area contributed by atoms with Crippen molar-refractivity contribution in [2.45, 2.75) is 25.2 Å². The maximum Gasteiger partial charge on any atom is 0.321 e. The molecule has 0 fully saturated rings. The molecule has 0 radical (unpaired) electrons. The summed E-state index contributed by atoms with van der Waals surface area (Å²) in [6, 6.07) is 7.89. The van der Waals surface area contributed by atoms with Crippen LogP contribution in [0.2, 0.25) is 0 Å². The zero-order valence-corrected chi connectivity index (χ0v) is 11.9. The number of ether oxygens (including phenoxy) is 1. The van der Waals surface area contributed by atoms with Gasteiger partial charge in [0, 0.05) is 0 Å². The Morgan fingerprint density at radius 3 is 2.53 bits per heavy atom. The molecule has 0 saturated heterocycles. The van der Waals surface area contributed by atoms with Crippen molar-refractivity contribution in [2.75, 3.05) is 13.2 Å².